The quantitative estimate of drug-likeness (QED) is 0.730. The van der Waals surface area contributed by atoms with Crippen molar-refractivity contribution in [2.24, 2.45) is 10.7 Å². The number of rotatable bonds is 5. The van der Waals surface area contributed by atoms with E-state index in [2.05, 4.69) is 66.0 Å². The second kappa shape index (κ2) is 7.77. The Labute approximate surface area is 161 Å². The van der Waals surface area contributed by atoms with Crippen LogP contribution >= 0.6 is 0 Å². The Morgan fingerprint density at radius 1 is 0.815 bits per heavy atom. The lowest BCUT2D eigenvalue weighted by Gasteiger charge is -2.34. The maximum absolute atomic E-state index is 7.08. The first-order valence-corrected chi connectivity index (χ1v) is 9.53. The summed E-state index contributed by atoms with van der Waals surface area (Å²) in [6.07, 6.45) is 1.93. The number of nitrogens with zero attached hydrogens (tertiary/aromatic N) is 1. The zero-order valence-corrected chi connectivity index (χ0v) is 15.4. The molecule has 0 saturated heterocycles. The summed E-state index contributed by atoms with van der Waals surface area (Å²) in [6, 6.07) is 29.4. The molecule has 0 fully saturated rings. The summed E-state index contributed by atoms with van der Waals surface area (Å²) in [7, 11) is 0. The molecule has 1 aliphatic rings. The van der Waals surface area contributed by atoms with E-state index in [0.717, 1.165) is 42.9 Å². The molecule has 1 atom stereocenters. The smallest absolute Gasteiger partial charge is 0.126 e. The van der Waals surface area contributed by atoms with Gasteiger partial charge in [0.2, 0.25) is 0 Å². The van der Waals surface area contributed by atoms with Crippen molar-refractivity contribution in [3.63, 3.8) is 0 Å². The van der Waals surface area contributed by atoms with E-state index in [-0.39, 0.29) is 0 Å². The topological polar surface area (TPSA) is 50.4 Å². The highest BCUT2D eigenvalue weighted by atomic mass is 15.1. The van der Waals surface area contributed by atoms with Crippen molar-refractivity contribution in [2.45, 2.75) is 18.4 Å². The summed E-state index contributed by atoms with van der Waals surface area (Å²) < 4.78 is 0. The van der Waals surface area contributed by atoms with E-state index in [4.69, 9.17) is 10.7 Å². The molecule has 0 radical (unpaired) electrons. The Balaban J connectivity index is 1.77. The molecule has 0 amide bonds. The molecular weight excluding hydrogens is 330 g/mol. The summed E-state index contributed by atoms with van der Waals surface area (Å²) >= 11 is 0. The third-order valence-electron chi connectivity index (χ3n) is 5.13. The molecule has 1 aliphatic heterocycles. The Morgan fingerprint density at radius 3 is 2.19 bits per heavy atom. The molecule has 3 N–H and O–H groups in total. The van der Waals surface area contributed by atoms with E-state index in [9.17, 15) is 0 Å². The zero-order valence-electron chi connectivity index (χ0n) is 15.4. The SMILES string of the molecule is NC(C1=NCCCN1)(c1ccccc1)c1cccc(Cc2ccccc2)c1. The van der Waals surface area contributed by atoms with E-state index in [0.29, 0.717) is 0 Å². The average Bonchev–Trinajstić information content (AvgIpc) is 2.75. The van der Waals surface area contributed by atoms with Gasteiger partial charge in [-0.1, -0.05) is 84.9 Å². The predicted octanol–water partition coefficient (Wildman–Crippen LogP) is 3.87. The van der Waals surface area contributed by atoms with Crippen molar-refractivity contribution in [1.29, 1.82) is 0 Å². The molecule has 0 bridgehead atoms. The van der Waals surface area contributed by atoms with Crippen molar-refractivity contribution in [3.05, 3.63) is 107 Å². The minimum absolute atomic E-state index is 0.769. The fraction of sp³-hybridized carbons (Fsp3) is 0.208. The lowest BCUT2D eigenvalue weighted by atomic mass is 9.81. The van der Waals surface area contributed by atoms with Gasteiger partial charge < -0.3 is 11.1 Å². The molecule has 27 heavy (non-hydrogen) atoms. The zero-order chi connectivity index (χ0) is 18.5. The molecule has 3 nitrogen and oxygen atoms in total. The highest BCUT2D eigenvalue weighted by Crippen LogP contribution is 2.30. The highest BCUT2D eigenvalue weighted by Gasteiger charge is 2.36. The lowest BCUT2D eigenvalue weighted by molar-refractivity contribution is 0.637. The molecular formula is C24H25N3. The molecule has 136 valence electrons. The van der Waals surface area contributed by atoms with Crippen LogP contribution < -0.4 is 11.1 Å². The fourth-order valence-corrected chi connectivity index (χ4v) is 3.70. The first-order valence-electron chi connectivity index (χ1n) is 9.53. The van der Waals surface area contributed by atoms with Gasteiger partial charge >= 0.3 is 0 Å². The minimum atomic E-state index is -0.769. The van der Waals surface area contributed by atoms with Crippen LogP contribution in [0.1, 0.15) is 28.7 Å². The molecule has 3 heteroatoms. The van der Waals surface area contributed by atoms with Crippen LogP contribution in [0.15, 0.2) is 89.9 Å². The molecule has 0 aliphatic carbocycles. The molecule has 3 aromatic carbocycles. The van der Waals surface area contributed by atoms with Crippen LogP contribution in [0.4, 0.5) is 0 Å². The standard InChI is InChI=1S/C24H25N3/c25-24(21-12-5-2-6-13-21,23-26-15-8-16-27-23)22-14-7-11-20(18-22)17-19-9-3-1-4-10-19/h1-7,9-14,18H,8,15-17,25H2,(H,26,27). The van der Waals surface area contributed by atoms with E-state index in [1.165, 1.54) is 11.1 Å². The minimum Gasteiger partial charge on any atom is -0.372 e. The van der Waals surface area contributed by atoms with Crippen LogP contribution in [-0.4, -0.2) is 18.9 Å². The summed E-state index contributed by atoms with van der Waals surface area (Å²) in [5, 5.41) is 3.45. The molecule has 1 heterocycles. The normalized spacial score (nSPS) is 16.1. The van der Waals surface area contributed by atoms with Gasteiger partial charge in [-0.25, -0.2) is 0 Å². The van der Waals surface area contributed by atoms with Crippen molar-refractivity contribution in [1.82, 2.24) is 5.32 Å². The lowest BCUT2D eigenvalue weighted by Crippen LogP contribution is -2.53. The summed E-state index contributed by atoms with van der Waals surface area (Å²) in [5.74, 6) is 0.858. The number of benzene rings is 3. The first kappa shape index (κ1) is 17.5. The predicted molar refractivity (Wildman–Crippen MR) is 112 cm³/mol. The van der Waals surface area contributed by atoms with Crippen LogP contribution in [0.3, 0.4) is 0 Å². The van der Waals surface area contributed by atoms with Gasteiger partial charge in [-0.3, -0.25) is 4.99 Å². The monoisotopic (exact) mass is 355 g/mol. The van der Waals surface area contributed by atoms with Crippen LogP contribution in [0.25, 0.3) is 0 Å². The van der Waals surface area contributed by atoms with Crippen LogP contribution in [0.2, 0.25) is 0 Å². The maximum atomic E-state index is 7.08. The Hall–Kier alpha value is -2.91. The van der Waals surface area contributed by atoms with Gasteiger partial charge in [-0.2, -0.15) is 0 Å². The summed E-state index contributed by atoms with van der Waals surface area (Å²) in [6.45, 7) is 1.73. The second-order valence-corrected chi connectivity index (χ2v) is 7.05. The molecule has 0 aromatic heterocycles. The van der Waals surface area contributed by atoms with Gasteiger partial charge in [0.1, 0.15) is 11.4 Å². The van der Waals surface area contributed by atoms with Gasteiger partial charge in [0.05, 0.1) is 0 Å². The highest BCUT2D eigenvalue weighted by molar-refractivity contribution is 5.96. The fourth-order valence-electron chi connectivity index (χ4n) is 3.70. The third kappa shape index (κ3) is 3.64. The van der Waals surface area contributed by atoms with Gasteiger partial charge in [0.25, 0.3) is 0 Å². The van der Waals surface area contributed by atoms with Gasteiger partial charge in [0, 0.05) is 13.1 Å². The largest absolute Gasteiger partial charge is 0.372 e. The van der Waals surface area contributed by atoms with Crippen molar-refractivity contribution >= 4 is 5.84 Å². The Bertz CT molecular complexity index is 919. The summed E-state index contributed by atoms with van der Waals surface area (Å²) in [4.78, 5) is 4.75. The summed E-state index contributed by atoms with van der Waals surface area (Å²) in [5.41, 5.74) is 11.0. The number of nitrogens with one attached hydrogen (secondary N) is 1. The van der Waals surface area contributed by atoms with E-state index >= 15 is 0 Å². The molecule has 4 rings (SSSR count). The molecule has 0 saturated carbocycles. The number of hydrogen-bond donors (Lipinski definition) is 2. The van der Waals surface area contributed by atoms with Crippen LogP contribution in [0.5, 0.6) is 0 Å². The first-order chi connectivity index (χ1) is 13.3. The molecule has 0 spiro atoms. The number of nitrogens with two attached hydrogens (primary N) is 1. The maximum Gasteiger partial charge on any atom is 0.126 e. The Morgan fingerprint density at radius 2 is 1.48 bits per heavy atom. The van der Waals surface area contributed by atoms with Crippen molar-refractivity contribution in [2.75, 3.05) is 13.1 Å². The van der Waals surface area contributed by atoms with Crippen molar-refractivity contribution < 1.29 is 0 Å². The van der Waals surface area contributed by atoms with Gasteiger partial charge in [-0.05, 0) is 35.1 Å². The second-order valence-electron chi connectivity index (χ2n) is 7.05. The van der Waals surface area contributed by atoms with E-state index in [1.54, 1.807) is 0 Å². The number of amidine groups is 1. The van der Waals surface area contributed by atoms with E-state index < -0.39 is 5.54 Å². The molecule has 3 aromatic rings. The molecule has 1 unspecified atom stereocenters. The third-order valence-corrected chi connectivity index (χ3v) is 5.13. The van der Waals surface area contributed by atoms with Gasteiger partial charge in [-0.15, -0.1) is 0 Å². The number of hydrogen-bond acceptors (Lipinski definition) is 3. The average molecular weight is 355 g/mol. The number of aliphatic imine (C=N–C) groups is 1. The van der Waals surface area contributed by atoms with Crippen LogP contribution in [0, 0.1) is 0 Å². The van der Waals surface area contributed by atoms with Crippen LogP contribution in [-0.2, 0) is 12.0 Å². The van der Waals surface area contributed by atoms with Gasteiger partial charge in [0.15, 0.2) is 0 Å². The van der Waals surface area contributed by atoms with Crippen molar-refractivity contribution in [3.8, 4) is 0 Å². The van der Waals surface area contributed by atoms with E-state index in [1.807, 2.05) is 24.3 Å². The Kier molecular flexibility index (Phi) is 5.03.